The van der Waals surface area contributed by atoms with Crippen LogP contribution in [0, 0.1) is 0 Å². The van der Waals surface area contributed by atoms with Crippen LogP contribution in [0.2, 0.25) is 5.02 Å². The van der Waals surface area contributed by atoms with Gasteiger partial charge in [0.15, 0.2) is 0 Å². The van der Waals surface area contributed by atoms with Crippen LogP contribution < -0.4 is 14.1 Å². The Bertz CT molecular complexity index is 810. The van der Waals surface area contributed by atoms with Crippen LogP contribution in [0.25, 0.3) is 0 Å². The summed E-state index contributed by atoms with van der Waals surface area (Å²) in [7, 11) is 3.43. The number of fused-ring (bicyclic) bond motifs is 1. The standard InChI is InChI=1S/C17H16ClN3O2S/c1-11(22)19(2)14-8-9-16-15(10-14)20(3)17(23)21(24-16)13-6-4-12(18)5-7-13/h4-10H,1-3H3. The van der Waals surface area contributed by atoms with Gasteiger partial charge in [-0.2, -0.15) is 0 Å². The average molecular weight is 362 g/mol. The highest BCUT2D eigenvalue weighted by atomic mass is 35.5. The Morgan fingerprint density at radius 1 is 1.17 bits per heavy atom. The smallest absolute Gasteiger partial charge is 0.316 e. The molecule has 124 valence electrons. The van der Waals surface area contributed by atoms with Crippen molar-refractivity contribution in [1.82, 2.24) is 0 Å². The fraction of sp³-hybridized carbons (Fsp3) is 0.176. The van der Waals surface area contributed by atoms with Gasteiger partial charge in [0.05, 0.1) is 16.3 Å². The van der Waals surface area contributed by atoms with Crippen molar-refractivity contribution in [3.8, 4) is 0 Å². The van der Waals surface area contributed by atoms with Gasteiger partial charge in [-0.3, -0.25) is 9.69 Å². The lowest BCUT2D eigenvalue weighted by Gasteiger charge is -2.34. The van der Waals surface area contributed by atoms with E-state index in [1.165, 1.54) is 18.9 Å². The first-order valence-electron chi connectivity index (χ1n) is 7.28. The van der Waals surface area contributed by atoms with E-state index >= 15 is 0 Å². The molecule has 1 aliphatic heterocycles. The van der Waals surface area contributed by atoms with Gasteiger partial charge in [-0.1, -0.05) is 11.6 Å². The minimum Gasteiger partial charge on any atom is -0.316 e. The molecule has 0 fully saturated rings. The normalized spacial score (nSPS) is 13.8. The van der Waals surface area contributed by atoms with Crippen molar-refractivity contribution in [2.45, 2.75) is 11.8 Å². The molecule has 1 aliphatic rings. The summed E-state index contributed by atoms with van der Waals surface area (Å²) >= 11 is 7.27. The third-order valence-corrected chi connectivity index (χ3v) is 5.22. The minimum atomic E-state index is -0.155. The molecule has 0 spiro atoms. The molecule has 3 amide bonds. The van der Waals surface area contributed by atoms with Crippen molar-refractivity contribution in [3.05, 3.63) is 47.5 Å². The zero-order valence-corrected chi connectivity index (χ0v) is 15.1. The van der Waals surface area contributed by atoms with Crippen LogP contribution in [0.1, 0.15) is 6.92 Å². The van der Waals surface area contributed by atoms with Crippen LogP contribution in [0.15, 0.2) is 47.4 Å². The summed E-state index contributed by atoms with van der Waals surface area (Å²) in [5.74, 6) is -0.0600. The van der Waals surface area contributed by atoms with Gasteiger partial charge in [-0.25, -0.2) is 9.10 Å². The fourth-order valence-electron chi connectivity index (χ4n) is 2.35. The molecule has 7 heteroatoms. The molecule has 0 N–H and O–H groups in total. The Balaban J connectivity index is 1.97. The number of hydrogen-bond donors (Lipinski definition) is 0. The molecular formula is C17H16ClN3O2S. The molecule has 2 aromatic carbocycles. The van der Waals surface area contributed by atoms with E-state index in [2.05, 4.69) is 0 Å². The second-order valence-corrected chi connectivity index (χ2v) is 6.86. The molecule has 0 atom stereocenters. The number of carbonyl (C=O) groups excluding carboxylic acids is 2. The minimum absolute atomic E-state index is 0.0600. The van der Waals surface area contributed by atoms with Crippen molar-refractivity contribution >= 4 is 52.5 Å². The zero-order chi connectivity index (χ0) is 17.4. The largest absolute Gasteiger partial charge is 0.339 e. The number of urea groups is 1. The predicted molar refractivity (Wildman–Crippen MR) is 99.1 cm³/mol. The second kappa shape index (κ2) is 6.37. The van der Waals surface area contributed by atoms with Gasteiger partial charge in [-0.15, -0.1) is 0 Å². The summed E-state index contributed by atoms with van der Waals surface area (Å²) in [5, 5.41) is 0.624. The first kappa shape index (κ1) is 16.7. The highest BCUT2D eigenvalue weighted by molar-refractivity contribution is 8.01. The Kier molecular flexibility index (Phi) is 4.43. The maximum atomic E-state index is 12.7. The van der Waals surface area contributed by atoms with Gasteiger partial charge in [0.1, 0.15) is 0 Å². The SMILES string of the molecule is CC(=O)N(C)c1ccc2c(c1)N(C)C(=O)N(c1ccc(Cl)cc1)S2. The predicted octanol–water partition coefficient (Wildman–Crippen LogP) is 4.41. The molecule has 1 heterocycles. The highest BCUT2D eigenvalue weighted by Crippen LogP contribution is 2.42. The number of nitrogens with zero attached hydrogens (tertiary/aromatic N) is 3. The molecule has 0 unspecified atom stereocenters. The molecule has 0 bridgehead atoms. The zero-order valence-electron chi connectivity index (χ0n) is 13.5. The van der Waals surface area contributed by atoms with Crippen molar-refractivity contribution in [2.75, 3.05) is 28.2 Å². The van der Waals surface area contributed by atoms with Crippen LogP contribution in [0.5, 0.6) is 0 Å². The first-order valence-corrected chi connectivity index (χ1v) is 8.43. The highest BCUT2D eigenvalue weighted by Gasteiger charge is 2.30. The van der Waals surface area contributed by atoms with Crippen molar-refractivity contribution in [3.63, 3.8) is 0 Å². The molecule has 2 aromatic rings. The number of benzene rings is 2. The van der Waals surface area contributed by atoms with Crippen LogP contribution in [0.4, 0.5) is 21.9 Å². The van der Waals surface area contributed by atoms with E-state index in [4.69, 9.17) is 11.6 Å². The number of amides is 3. The number of halogens is 1. The van der Waals surface area contributed by atoms with Gasteiger partial charge < -0.3 is 4.90 Å². The van der Waals surface area contributed by atoms with Gasteiger partial charge in [0, 0.05) is 31.7 Å². The van der Waals surface area contributed by atoms with Crippen molar-refractivity contribution in [2.24, 2.45) is 0 Å². The molecule has 24 heavy (non-hydrogen) atoms. The molecule has 3 rings (SSSR count). The molecule has 0 aliphatic carbocycles. The van der Waals surface area contributed by atoms with E-state index in [-0.39, 0.29) is 11.9 Å². The summed E-state index contributed by atoms with van der Waals surface area (Å²) in [6.07, 6.45) is 0. The van der Waals surface area contributed by atoms with Gasteiger partial charge in [-0.05, 0) is 54.4 Å². The second-order valence-electron chi connectivity index (χ2n) is 5.43. The molecule has 0 aromatic heterocycles. The summed E-state index contributed by atoms with van der Waals surface area (Å²) in [6, 6.07) is 12.6. The Morgan fingerprint density at radius 2 is 1.83 bits per heavy atom. The van der Waals surface area contributed by atoms with E-state index in [1.54, 1.807) is 40.3 Å². The monoisotopic (exact) mass is 361 g/mol. The number of rotatable bonds is 2. The van der Waals surface area contributed by atoms with Crippen LogP contribution in [-0.4, -0.2) is 26.0 Å². The Hall–Kier alpha value is -2.18. The van der Waals surface area contributed by atoms with Crippen LogP contribution in [-0.2, 0) is 4.79 Å². The van der Waals surface area contributed by atoms with E-state index in [0.717, 1.165) is 22.0 Å². The number of anilines is 3. The van der Waals surface area contributed by atoms with Gasteiger partial charge >= 0.3 is 6.03 Å². The van der Waals surface area contributed by atoms with E-state index in [1.807, 2.05) is 30.3 Å². The lowest BCUT2D eigenvalue weighted by Crippen LogP contribution is -2.40. The van der Waals surface area contributed by atoms with E-state index in [0.29, 0.717) is 5.02 Å². The average Bonchev–Trinajstić information content (AvgIpc) is 2.58. The van der Waals surface area contributed by atoms with Crippen LogP contribution in [0.3, 0.4) is 0 Å². The summed E-state index contributed by atoms with van der Waals surface area (Å²) in [5.41, 5.74) is 2.29. The summed E-state index contributed by atoms with van der Waals surface area (Å²) in [6.45, 7) is 1.51. The topological polar surface area (TPSA) is 43.9 Å². The third-order valence-electron chi connectivity index (χ3n) is 3.87. The molecule has 0 radical (unpaired) electrons. The third kappa shape index (κ3) is 2.95. The molecule has 0 saturated carbocycles. The number of carbonyl (C=O) groups is 2. The van der Waals surface area contributed by atoms with Crippen molar-refractivity contribution in [1.29, 1.82) is 0 Å². The molecular weight excluding hydrogens is 346 g/mol. The maximum Gasteiger partial charge on any atom is 0.339 e. The Morgan fingerprint density at radius 3 is 2.46 bits per heavy atom. The van der Waals surface area contributed by atoms with Crippen molar-refractivity contribution < 1.29 is 9.59 Å². The summed E-state index contributed by atoms with van der Waals surface area (Å²) < 4.78 is 1.62. The molecule has 0 saturated heterocycles. The lowest BCUT2D eigenvalue weighted by molar-refractivity contribution is -0.116. The quantitative estimate of drug-likeness (QED) is 0.744. The van der Waals surface area contributed by atoms with E-state index in [9.17, 15) is 9.59 Å². The summed E-state index contributed by atoms with van der Waals surface area (Å²) in [4.78, 5) is 28.3. The van der Waals surface area contributed by atoms with Gasteiger partial charge in [0.2, 0.25) is 5.91 Å². The Labute approximate surface area is 149 Å². The van der Waals surface area contributed by atoms with Crippen LogP contribution >= 0.6 is 23.5 Å². The first-order chi connectivity index (χ1) is 11.4. The van der Waals surface area contributed by atoms with Gasteiger partial charge in [0.25, 0.3) is 0 Å². The fourth-order valence-corrected chi connectivity index (χ4v) is 3.52. The lowest BCUT2D eigenvalue weighted by atomic mass is 10.2. The molecule has 5 nitrogen and oxygen atoms in total. The van der Waals surface area contributed by atoms with E-state index < -0.39 is 0 Å². The maximum absolute atomic E-state index is 12.7. The number of hydrogen-bond acceptors (Lipinski definition) is 3.